The molecular weight excluding hydrogens is 340 g/mol. The zero-order valence-corrected chi connectivity index (χ0v) is 18.3. The summed E-state index contributed by atoms with van der Waals surface area (Å²) in [6.07, 6.45) is 1.17. The minimum absolute atomic E-state index is 0.237. The van der Waals surface area contributed by atoms with E-state index in [-0.39, 0.29) is 5.41 Å². The third kappa shape index (κ3) is 5.38. The number of ether oxygens (including phenoxy) is 1. The Morgan fingerprint density at radius 3 is 2.00 bits per heavy atom. The summed E-state index contributed by atoms with van der Waals surface area (Å²) >= 11 is 0. The third-order valence-electron chi connectivity index (χ3n) is 5.36. The van der Waals surface area contributed by atoms with E-state index in [4.69, 9.17) is 4.74 Å². The second kappa shape index (κ2) is 7.99. The lowest BCUT2D eigenvalue weighted by molar-refractivity contribution is 0.229. The molecule has 0 aliphatic rings. The van der Waals surface area contributed by atoms with Crippen molar-refractivity contribution in [2.45, 2.75) is 60.5 Å². The second-order valence-corrected chi connectivity index (χ2v) is 10.2. The summed E-state index contributed by atoms with van der Waals surface area (Å²) in [5, 5.41) is 2.52. The molecule has 0 aliphatic carbocycles. The maximum absolute atomic E-state index is 6.06. The van der Waals surface area contributed by atoms with Gasteiger partial charge in [0.2, 0.25) is 0 Å². The van der Waals surface area contributed by atoms with Gasteiger partial charge in [-0.3, -0.25) is 0 Å². The molecule has 1 heteroatoms. The predicted molar refractivity (Wildman–Crippen MR) is 121 cm³/mol. The van der Waals surface area contributed by atoms with Crippen molar-refractivity contribution in [3.8, 4) is 5.75 Å². The monoisotopic (exact) mass is 374 g/mol. The van der Waals surface area contributed by atoms with Gasteiger partial charge >= 0.3 is 0 Å². The van der Waals surface area contributed by atoms with Gasteiger partial charge in [-0.25, -0.2) is 0 Å². The van der Waals surface area contributed by atoms with E-state index >= 15 is 0 Å². The molecule has 3 rings (SSSR count). The van der Waals surface area contributed by atoms with Crippen LogP contribution in [0.1, 0.15) is 65.0 Å². The van der Waals surface area contributed by atoms with Crippen molar-refractivity contribution in [3.05, 3.63) is 77.9 Å². The van der Waals surface area contributed by atoms with Gasteiger partial charge in [-0.1, -0.05) is 90.1 Å². The van der Waals surface area contributed by atoms with E-state index in [0.717, 1.165) is 5.75 Å². The van der Waals surface area contributed by atoms with Gasteiger partial charge in [0, 0.05) is 0 Å². The Bertz CT molecular complexity index is 907. The van der Waals surface area contributed by atoms with Gasteiger partial charge in [-0.05, 0) is 63.3 Å². The smallest absolute Gasteiger partial charge is 0.119 e. The number of hydrogen-bond donors (Lipinski definition) is 0. The van der Waals surface area contributed by atoms with E-state index in [2.05, 4.69) is 108 Å². The summed E-state index contributed by atoms with van der Waals surface area (Å²) in [5.41, 5.74) is 3.15. The van der Waals surface area contributed by atoms with Crippen molar-refractivity contribution < 1.29 is 4.74 Å². The quantitative estimate of drug-likeness (QED) is 0.440. The highest BCUT2D eigenvalue weighted by molar-refractivity contribution is 5.82. The summed E-state index contributed by atoms with van der Waals surface area (Å²) in [6, 6.07) is 23.7. The Hall–Kier alpha value is -2.28. The zero-order valence-electron chi connectivity index (χ0n) is 18.3. The number of rotatable bonds is 5. The number of benzene rings is 3. The predicted octanol–water partition coefficient (Wildman–Crippen LogP) is 7.98. The van der Waals surface area contributed by atoms with Crippen molar-refractivity contribution in [2.24, 2.45) is 10.8 Å². The molecule has 0 amide bonds. The molecule has 0 aromatic heterocycles. The van der Waals surface area contributed by atoms with Crippen molar-refractivity contribution in [1.29, 1.82) is 0 Å². The number of fused-ring (bicyclic) bond motifs is 1. The van der Waals surface area contributed by atoms with Crippen LogP contribution < -0.4 is 4.74 Å². The average molecular weight is 375 g/mol. The maximum atomic E-state index is 6.06. The van der Waals surface area contributed by atoms with E-state index in [1.54, 1.807) is 0 Å². The summed E-state index contributed by atoms with van der Waals surface area (Å²) in [5.74, 6) is 1.46. The van der Waals surface area contributed by atoms with Crippen molar-refractivity contribution in [2.75, 3.05) is 0 Å². The van der Waals surface area contributed by atoms with Crippen LogP contribution >= 0.6 is 0 Å². The SMILES string of the molecule is CC(C)(C)CC(c1ccc(OCc2ccc3ccccc3c2)cc1)C(C)(C)C. The van der Waals surface area contributed by atoms with Crippen LogP contribution in [-0.2, 0) is 6.61 Å². The summed E-state index contributed by atoms with van der Waals surface area (Å²) in [4.78, 5) is 0. The van der Waals surface area contributed by atoms with Crippen LogP contribution in [0.3, 0.4) is 0 Å². The first-order valence-corrected chi connectivity index (χ1v) is 10.3. The van der Waals surface area contributed by atoms with E-state index in [0.29, 0.717) is 17.9 Å². The fourth-order valence-electron chi connectivity index (χ4n) is 3.83. The normalized spacial score (nSPS) is 13.5. The molecule has 1 unspecified atom stereocenters. The van der Waals surface area contributed by atoms with Gasteiger partial charge in [0.15, 0.2) is 0 Å². The topological polar surface area (TPSA) is 9.23 Å². The zero-order chi connectivity index (χ0) is 20.4. The molecule has 1 atom stereocenters. The molecule has 148 valence electrons. The molecule has 0 saturated carbocycles. The van der Waals surface area contributed by atoms with E-state index < -0.39 is 0 Å². The fourth-order valence-corrected chi connectivity index (χ4v) is 3.83. The van der Waals surface area contributed by atoms with Gasteiger partial charge in [-0.2, -0.15) is 0 Å². The lowest BCUT2D eigenvalue weighted by Gasteiger charge is -2.36. The molecule has 28 heavy (non-hydrogen) atoms. The molecule has 3 aromatic rings. The molecule has 0 saturated heterocycles. The van der Waals surface area contributed by atoms with Crippen LogP contribution in [0.25, 0.3) is 10.8 Å². The van der Waals surface area contributed by atoms with Crippen LogP contribution in [0.5, 0.6) is 5.75 Å². The van der Waals surface area contributed by atoms with Crippen molar-refractivity contribution in [1.82, 2.24) is 0 Å². The Balaban J connectivity index is 1.70. The maximum Gasteiger partial charge on any atom is 0.119 e. The Morgan fingerprint density at radius 2 is 1.39 bits per heavy atom. The fraction of sp³-hybridized carbons (Fsp3) is 0.407. The molecule has 0 heterocycles. The Morgan fingerprint density at radius 1 is 0.750 bits per heavy atom. The minimum atomic E-state index is 0.237. The summed E-state index contributed by atoms with van der Waals surface area (Å²) < 4.78 is 6.06. The molecule has 0 N–H and O–H groups in total. The van der Waals surface area contributed by atoms with Crippen LogP contribution in [0.4, 0.5) is 0 Å². The summed E-state index contributed by atoms with van der Waals surface area (Å²) in [6.45, 7) is 14.6. The number of hydrogen-bond acceptors (Lipinski definition) is 1. The van der Waals surface area contributed by atoms with Crippen LogP contribution in [0, 0.1) is 10.8 Å². The van der Waals surface area contributed by atoms with E-state index in [1.165, 1.54) is 28.3 Å². The van der Waals surface area contributed by atoms with Crippen LogP contribution in [0.2, 0.25) is 0 Å². The van der Waals surface area contributed by atoms with Gasteiger partial charge in [-0.15, -0.1) is 0 Å². The highest BCUT2D eigenvalue weighted by Gasteiger charge is 2.30. The molecule has 3 aromatic carbocycles. The molecule has 0 aliphatic heterocycles. The lowest BCUT2D eigenvalue weighted by Crippen LogP contribution is -2.23. The first kappa shape index (κ1) is 20.5. The Kier molecular flexibility index (Phi) is 5.84. The van der Waals surface area contributed by atoms with Crippen molar-refractivity contribution >= 4 is 10.8 Å². The van der Waals surface area contributed by atoms with Crippen molar-refractivity contribution in [3.63, 3.8) is 0 Å². The van der Waals surface area contributed by atoms with E-state index in [9.17, 15) is 0 Å². The first-order chi connectivity index (χ1) is 13.1. The minimum Gasteiger partial charge on any atom is -0.489 e. The molecule has 0 radical (unpaired) electrons. The highest BCUT2D eigenvalue weighted by Crippen LogP contribution is 2.43. The van der Waals surface area contributed by atoms with E-state index in [1.807, 2.05) is 0 Å². The van der Waals surface area contributed by atoms with Crippen LogP contribution in [0.15, 0.2) is 66.7 Å². The standard InChI is InChI=1S/C27H34O/c1-26(2,3)18-25(27(4,5)6)22-13-15-24(16-14-22)28-19-20-11-12-21-9-7-8-10-23(21)17-20/h7-17,25H,18-19H2,1-6H3. The molecule has 0 bridgehead atoms. The second-order valence-electron chi connectivity index (χ2n) is 10.2. The first-order valence-electron chi connectivity index (χ1n) is 10.3. The molecule has 1 nitrogen and oxygen atoms in total. The van der Waals surface area contributed by atoms with Gasteiger partial charge in [0.05, 0.1) is 0 Å². The van der Waals surface area contributed by atoms with Gasteiger partial charge in [0.1, 0.15) is 12.4 Å². The lowest BCUT2D eigenvalue weighted by atomic mass is 9.69. The summed E-state index contributed by atoms with van der Waals surface area (Å²) in [7, 11) is 0. The van der Waals surface area contributed by atoms with Gasteiger partial charge < -0.3 is 4.74 Å². The average Bonchev–Trinajstić information content (AvgIpc) is 2.63. The molecule has 0 fully saturated rings. The highest BCUT2D eigenvalue weighted by atomic mass is 16.5. The van der Waals surface area contributed by atoms with Gasteiger partial charge in [0.25, 0.3) is 0 Å². The largest absolute Gasteiger partial charge is 0.489 e. The Labute approximate surface area is 170 Å². The van der Waals surface area contributed by atoms with Crippen LogP contribution in [-0.4, -0.2) is 0 Å². The molecule has 0 spiro atoms. The molecular formula is C27H34O. The third-order valence-corrected chi connectivity index (χ3v) is 5.36.